The maximum Gasteiger partial charge on any atom is 0.128 e. The zero-order chi connectivity index (χ0) is 13.4. The number of pyridine rings is 1. The van der Waals surface area contributed by atoms with Crippen molar-refractivity contribution in [3.05, 3.63) is 23.9 Å². The van der Waals surface area contributed by atoms with Gasteiger partial charge in [-0.15, -0.1) is 0 Å². The number of aromatic nitrogens is 1. The van der Waals surface area contributed by atoms with Crippen LogP contribution in [-0.2, 0) is 11.3 Å². The van der Waals surface area contributed by atoms with E-state index < -0.39 is 0 Å². The third-order valence-corrected chi connectivity index (χ3v) is 2.79. The van der Waals surface area contributed by atoms with Crippen LogP contribution < -0.4 is 10.2 Å². The monoisotopic (exact) mass is 251 g/mol. The van der Waals surface area contributed by atoms with Crippen molar-refractivity contribution < 1.29 is 4.74 Å². The summed E-state index contributed by atoms with van der Waals surface area (Å²) >= 11 is 0. The smallest absolute Gasteiger partial charge is 0.128 e. The lowest BCUT2D eigenvalue weighted by atomic mass is 10.2. The van der Waals surface area contributed by atoms with Crippen LogP contribution in [0.4, 0.5) is 5.82 Å². The van der Waals surface area contributed by atoms with E-state index in [0.29, 0.717) is 6.04 Å². The molecule has 0 atom stereocenters. The summed E-state index contributed by atoms with van der Waals surface area (Å²) in [4.78, 5) is 6.72. The highest BCUT2D eigenvalue weighted by atomic mass is 16.5. The van der Waals surface area contributed by atoms with Crippen molar-refractivity contribution >= 4 is 5.82 Å². The molecule has 102 valence electrons. The van der Waals surface area contributed by atoms with Crippen LogP contribution in [0.15, 0.2) is 18.3 Å². The molecule has 0 saturated carbocycles. The summed E-state index contributed by atoms with van der Waals surface area (Å²) in [6.07, 6.45) is 1.94. The molecule has 0 aromatic carbocycles. The number of nitrogens with zero attached hydrogens (tertiary/aromatic N) is 2. The molecule has 1 N–H and O–H groups in total. The second-order valence-electron chi connectivity index (χ2n) is 4.63. The highest BCUT2D eigenvalue weighted by Gasteiger charge is 2.05. The Bertz CT molecular complexity index is 324. The maximum atomic E-state index is 5.10. The lowest BCUT2D eigenvalue weighted by molar-refractivity contribution is 0.205. The summed E-state index contributed by atoms with van der Waals surface area (Å²) in [5.74, 6) is 1.02. The summed E-state index contributed by atoms with van der Waals surface area (Å²) in [5.41, 5.74) is 1.22. The Morgan fingerprint density at radius 1 is 1.39 bits per heavy atom. The molecule has 18 heavy (non-hydrogen) atoms. The lowest BCUT2D eigenvalue weighted by Gasteiger charge is -2.21. The van der Waals surface area contributed by atoms with Crippen molar-refractivity contribution in [3.8, 4) is 0 Å². The van der Waals surface area contributed by atoms with E-state index in [0.717, 1.165) is 32.1 Å². The van der Waals surface area contributed by atoms with Crippen LogP contribution in [0.1, 0.15) is 26.3 Å². The normalized spacial score (nSPS) is 10.9. The van der Waals surface area contributed by atoms with E-state index in [-0.39, 0.29) is 0 Å². The first-order valence-corrected chi connectivity index (χ1v) is 6.59. The number of methoxy groups -OCH3 is 1. The molecular weight excluding hydrogens is 226 g/mol. The molecule has 4 heteroatoms. The predicted octanol–water partition coefficient (Wildman–Crippen LogP) is 2.05. The number of anilines is 1. The van der Waals surface area contributed by atoms with Gasteiger partial charge in [-0.2, -0.15) is 0 Å². The standard InChI is InChI=1S/C14H25N3O/c1-5-17(8-9-18-4)14-7-6-13(11-16-14)10-15-12(2)3/h6-7,11-12,15H,5,8-10H2,1-4H3. The molecule has 4 nitrogen and oxygen atoms in total. The average Bonchev–Trinajstić information content (AvgIpc) is 2.38. The topological polar surface area (TPSA) is 37.4 Å². The van der Waals surface area contributed by atoms with Crippen molar-refractivity contribution in [1.82, 2.24) is 10.3 Å². The predicted molar refractivity (Wildman–Crippen MR) is 76.0 cm³/mol. The van der Waals surface area contributed by atoms with E-state index >= 15 is 0 Å². The zero-order valence-electron chi connectivity index (χ0n) is 11.9. The lowest BCUT2D eigenvalue weighted by Crippen LogP contribution is -2.27. The fourth-order valence-electron chi connectivity index (χ4n) is 1.67. The second kappa shape index (κ2) is 8.06. The molecule has 1 heterocycles. The van der Waals surface area contributed by atoms with Crippen LogP contribution >= 0.6 is 0 Å². The summed E-state index contributed by atoms with van der Waals surface area (Å²) in [7, 11) is 1.72. The van der Waals surface area contributed by atoms with E-state index in [2.05, 4.69) is 48.1 Å². The summed E-state index contributed by atoms with van der Waals surface area (Å²) < 4.78 is 5.10. The van der Waals surface area contributed by atoms with Gasteiger partial charge in [0, 0.05) is 39.0 Å². The molecule has 0 bridgehead atoms. The molecule has 0 amide bonds. The number of rotatable bonds is 8. The van der Waals surface area contributed by atoms with Crippen molar-refractivity contribution in [3.63, 3.8) is 0 Å². The van der Waals surface area contributed by atoms with E-state index in [9.17, 15) is 0 Å². The maximum absolute atomic E-state index is 5.10. The Balaban J connectivity index is 2.57. The number of hydrogen-bond acceptors (Lipinski definition) is 4. The molecule has 1 rings (SSSR count). The van der Waals surface area contributed by atoms with Gasteiger partial charge in [0.25, 0.3) is 0 Å². The Kier molecular flexibility index (Phi) is 6.68. The third-order valence-electron chi connectivity index (χ3n) is 2.79. The van der Waals surface area contributed by atoms with E-state index in [1.807, 2.05) is 6.20 Å². The summed E-state index contributed by atoms with van der Waals surface area (Å²) in [6.45, 7) is 9.84. The summed E-state index contributed by atoms with van der Waals surface area (Å²) in [6, 6.07) is 4.71. The molecule has 0 radical (unpaired) electrons. The molecule has 1 aromatic heterocycles. The molecule has 0 fully saturated rings. The zero-order valence-corrected chi connectivity index (χ0v) is 11.9. The third kappa shape index (κ3) is 5.02. The minimum Gasteiger partial charge on any atom is -0.383 e. The quantitative estimate of drug-likeness (QED) is 0.767. The Morgan fingerprint density at radius 3 is 2.67 bits per heavy atom. The molecule has 0 aliphatic rings. The summed E-state index contributed by atoms with van der Waals surface area (Å²) in [5, 5.41) is 3.39. The Hall–Kier alpha value is -1.13. The molecule has 0 saturated heterocycles. The van der Waals surface area contributed by atoms with E-state index in [4.69, 9.17) is 4.74 Å². The molecule has 0 spiro atoms. The molecule has 1 aromatic rings. The largest absolute Gasteiger partial charge is 0.383 e. The van der Waals surface area contributed by atoms with Gasteiger partial charge in [-0.05, 0) is 18.6 Å². The first kappa shape index (κ1) is 14.9. The number of hydrogen-bond donors (Lipinski definition) is 1. The van der Waals surface area contributed by atoms with Crippen LogP contribution in [-0.4, -0.2) is 37.8 Å². The van der Waals surface area contributed by atoms with Gasteiger partial charge in [0.15, 0.2) is 0 Å². The highest BCUT2D eigenvalue weighted by Crippen LogP contribution is 2.11. The van der Waals surface area contributed by atoms with Gasteiger partial charge in [0.2, 0.25) is 0 Å². The fourth-order valence-corrected chi connectivity index (χ4v) is 1.67. The van der Waals surface area contributed by atoms with Crippen molar-refractivity contribution in [1.29, 1.82) is 0 Å². The molecule has 0 aliphatic carbocycles. The van der Waals surface area contributed by atoms with Crippen molar-refractivity contribution in [2.45, 2.75) is 33.4 Å². The van der Waals surface area contributed by atoms with Gasteiger partial charge in [0.1, 0.15) is 5.82 Å². The minimum absolute atomic E-state index is 0.499. The van der Waals surface area contributed by atoms with Gasteiger partial charge in [-0.1, -0.05) is 19.9 Å². The van der Waals surface area contributed by atoms with Gasteiger partial charge in [-0.3, -0.25) is 0 Å². The van der Waals surface area contributed by atoms with Crippen molar-refractivity contribution in [2.75, 3.05) is 31.7 Å². The van der Waals surface area contributed by atoms with Crippen LogP contribution in [0.3, 0.4) is 0 Å². The average molecular weight is 251 g/mol. The van der Waals surface area contributed by atoms with Crippen molar-refractivity contribution in [2.24, 2.45) is 0 Å². The first-order valence-electron chi connectivity index (χ1n) is 6.59. The number of likely N-dealkylation sites (N-methyl/N-ethyl adjacent to an activating group) is 1. The van der Waals surface area contributed by atoms with E-state index in [1.165, 1.54) is 5.56 Å². The Labute approximate surface area is 110 Å². The van der Waals surface area contributed by atoms with E-state index in [1.54, 1.807) is 7.11 Å². The first-order chi connectivity index (χ1) is 8.67. The fraction of sp³-hybridized carbons (Fsp3) is 0.643. The second-order valence-corrected chi connectivity index (χ2v) is 4.63. The van der Waals surface area contributed by atoms with Gasteiger partial charge in [-0.25, -0.2) is 4.98 Å². The molecule has 0 aliphatic heterocycles. The van der Waals surface area contributed by atoms with Crippen LogP contribution in [0.2, 0.25) is 0 Å². The number of nitrogens with one attached hydrogen (secondary N) is 1. The van der Waals surface area contributed by atoms with Gasteiger partial charge >= 0.3 is 0 Å². The Morgan fingerprint density at radius 2 is 2.17 bits per heavy atom. The number of ether oxygens (including phenoxy) is 1. The van der Waals surface area contributed by atoms with Crippen LogP contribution in [0.5, 0.6) is 0 Å². The molecular formula is C14H25N3O. The van der Waals surface area contributed by atoms with Gasteiger partial charge in [0.05, 0.1) is 6.61 Å². The SMILES string of the molecule is CCN(CCOC)c1ccc(CNC(C)C)cn1. The van der Waals surface area contributed by atoms with Crippen LogP contribution in [0, 0.1) is 0 Å². The highest BCUT2D eigenvalue weighted by molar-refractivity contribution is 5.39. The minimum atomic E-state index is 0.499. The van der Waals surface area contributed by atoms with Crippen LogP contribution in [0.25, 0.3) is 0 Å². The molecule has 0 unspecified atom stereocenters. The van der Waals surface area contributed by atoms with Gasteiger partial charge < -0.3 is 15.0 Å².